The van der Waals surface area contributed by atoms with E-state index in [1.54, 1.807) is 30.7 Å². The molecule has 106 valence electrons. The molecule has 3 nitrogen and oxygen atoms in total. The van der Waals surface area contributed by atoms with Crippen molar-refractivity contribution in [3.63, 3.8) is 0 Å². The molecule has 4 heteroatoms. The Morgan fingerprint density at radius 2 is 2.15 bits per heavy atom. The summed E-state index contributed by atoms with van der Waals surface area (Å²) in [4.78, 5) is 10.6. The van der Waals surface area contributed by atoms with E-state index in [4.69, 9.17) is 0 Å². The van der Waals surface area contributed by atoms with Crippen LogP contribution in [0.15, 0.2) is 42.9 Å². The van der Waals surface area contributed by atoms with Crippen molar-refractivity contribution in [1.29, 1.82) is 0 Å². The maximum Gasteiger partial charge on any atom is 0.123 e. The fourth-order valence-electron chi connectivity index (χ4n) is 2.11. The summed E-state index contributed by atoms with van der Waals surface area (Å²) in [7, 11) is 2.07. The third-order valence-electron chi connectivity index (χ3n) is 3.52. The summed E-state index contributed by atoms with van der Waals surface area (Å²) in [6.45, 7) is 2.95. The first-order valence-electron chi connectivity index (χ1n) is 6.84. The van der Waals surface area contributed by atoms with Gasteiger partial charge in [-0.15, -0.1) is 0 Å². The molecule has 0 unspecified atom stereocenters. The van der Waals surface area contributed by atoms with E-state index < -0.39 is 0 Å². The van der Waals surface area contributed by atoms with Crippen LogP contribution >= 0.6 is 0 Å². The Bertz CT molecular complexity index is 530. The van der Waals surface area contributed by atoms with Gasteiger partial charge in [-0.05, 0) is 44.5 Å². The SMILES string of the molecule is C[C@H](CCc1cccc(F)c1)N(C)Cc1cnccn1. The zero-order valence-corrected chi connectivity index (χ0v) is 12.0. The van der Waals surface area contributed by atoms with E-state index in [1.165, 1.54) is 6.07 Å². The maximum atomic E-state index is 13.1. The topological polar surface area (TPSA) is 29.0 Å². The highest BCUT2D eigenvalue weighted by Crippen LogP contribution is 2.11. The van der Waals surface area contributed by atoms with Crippen LogP contribution in [0.3, 0.4) is 0 Å². The normalized spacial score (nSPS) is 12.6. The molecule has 0 bridgehead atoms. The van der Waals surface area contributed by atoms with Gasteiger partial charge in [0.2, 0.25) is 0 Å². The number of halogens is 1. The van der Waals surface area contributed by atoms with Gasteiger partial charge in [0.25, 0.3) is 0 Å². The highest BCUT2D eigenvalue weighted by molar-refractivity contribution is 5.16. The highest BCUT2D eigenvalue weighted by Gasteiger charge is 2.10. The van der Waals surface area contributed by atoms with Gasteiger partial charge in [0, 0.05) is 31.2 Å². The third kappa shape index (κ3) is 4.38. The van der Waals surface area contributed by atoms with E-state index in [0.29, 0.717) is 6.04 Å². The Hall–Kier alpha value is -1.81. The van der Waals surface area contributed by atoms with Crippen molar-refractivity contribution in [2.75, 3.05) is 7.05 Å². The molecule has 0 N–H and O–H groups in total. The highest BCUT2D eigenvalue weighted by atomic mass is 19.1. The molecule has 2 aromatic rings. The molecule has 0 saturated heterocycles. The van der Waals surface area contributed by atoms with Crippen molar-refractivity contribution in [3.05, 3.63) is 59.9 Å². The second kappa shape index (κ2) is 7.10. The summed E-state index contributed by atoms with van der Waals surface area (Å²) in [6, 6.07) is 7.22. The van der Waals surface area contributed by atoms with E-state index in [2.05, 4.69) is 28.8 Å². The van der Waals surface area contributed by atoms with Gasteiger partial charge < -0.3 is 0 Å². The lowest BCUT2D eigenvalue weighted by Gasteiger charge is -2.24. The van der Waals surface area contributed by atoms with Crippen LogP contribution in [0.4, 0.5) is 4.39 Å². The summed E-state index contributed by atoms with van der Waals surface area (Å²) in [6.07, 6.45) is 7.04. The fraction of sp³-hybridized carbons (Fsp3) is 0.375. The van der Waals surface area contributed by atoms with Crippen molar-refractivity contribution in [3.8, 4) is 0 Å². The van der Waals surface area contributed by atoms with E-state index in [0.717, 1.165) is 30.6 Å². The summed E-state index contributed by atoms with van der Waals surface area (Å²) < 4.78 is 13.1. The number of hydrogen-bond acceptors (Lipinski definition) is 3. The minimum absolute atomic E-state index is 0.164. The van der Waals surface area contributed by atoms with E-state index >= 15 is 0 Å². The van der Waals surface area contributed by atoms with Crippen LogP contribution < -0.4 is 0 Å². The van der Waals surface area contributed by atoms with Crippen molar-refractivity contribution in [2.45, 2.75) is 32.4 Å². The summed E-state index contributed by atoms with van der Waals surface area (Å²) in [5, 5.41) is 0. The molecule has 0 fully saturated rings. The number of nitrogens with zero attached hydrogens (tertiary/aromatic N) is 3. The Morgan fingerprint density at radius 1 is 1.30 bits per heavy atom. The van der Waals surface area contributed by atoms with Gasteiger partial charge in [-0.25, -0.2) is 4.39 Å². The van der Waals surface area contributed by atoms with Gasteiger partial charge >= 0.3 is 0 Å². The zero-order chi connectivity index (χ0) is 14.4. The first-order valence-corrected chi connectivity index (χ1v) is 6.84. The minimum Gasteiger partial charge on any atom is -0.298 e. The Kier molecular flexibility index (Phi) is 5.18. The molecule has 0 aliphatic rings. The summed E-state index contributed by atoms with van der Waals surface area (Å²) >= 11 is 0. The van der Waals surface area contributed by atoms with Gasteiger partial charge in [0.05, 0.1) is 5.69 Å². The van der Waals surface area contributed by atoms with Gasteiger partial charge in [-0.1, -0.05) is 12.1 Å². The minimum atomic E-state index is -0.164. The Labute approximate surface area is 119 Å². The standard InChI is InChI=1S/C16H20FN3/c1-13(6-7-14-4-3-5-15(17)10-14)20(2)12-16-11-18-8-9-19-16/h3-5,8-11,13H,6-7,12H2,1-2H3/t13-/m1/s1. The Balaban J connectivity index is 1.83. The lowest BCUT2D eigenvalue weighted by atomic mass is 10.1. The number of rotatable bonds is 6. The maximum absolute atomic E-state index is 13.1. The molecular weight excluding hydrogens is 253 g/mol. The number of aromatic nitrogens is 2. The molecule has 0 spiro atoms. The van der Waals surface area contributed by atoms with Crippen molar-refractivity contribution in [1.82, 2.24) is 14.9 Å². The molecule has 1 heterocycles. The molecule has 1 atom stereocenters. The fourth-order valence-corrected chi connectivity index (χ4v) is 2.11. The first kappa shape index (κ1) is 14.6. The molecule has 2 rings (SSSR count). The average Bonchev–Trinajstić information content (AvgIpc) is 2.46. The lowest BCUT2D eigenvalue weighted by molar-refractivity contribution is 0.235. The predicted molar refractivity (Wildman–Crippen MR) is 77.7 cm³/mol. The quantitative estimate of drug-likeness (QED) is 0.810. The molecule has 0 amide bonds. The monoisotopic (exact) mass is 273 g/mol. The smallest absolute Gasteiger partial charge is 0.123 e. The van der Waals surface area contributed by atoms with Crippen LogP contribution in [0.25, 0.3) is 0 Å². The first-order chi connectivity index (χ1) is 9.65. The van der Waals surface area contributed by atoms with Crippen LogP contribution in [0.1, 0.15) is 24.6 Å². The number of hydrogen-bond donors (Lipinski definition) is 0. The second-order valence-electron chi connectivity index (χ2n) is 5.13. The van der Waals surface area contributed by atoms with E-state index in [-0.39, 0.29) is 5.82 Å². The predicted octanol–water partition coefficient (Wildman–Crippen LogP) is 3.07. The molecule has 20 heavy (non-hydrogen) atoms. The molecule has 0 aliphatic heterocycles. The van der Waals surface area contributed by atoms with Crippen LogP contribution in [0.2, 0.25) is 0 Å². The van der Waals surface area contributed by atoms with Gasteiger partial charge in [0.15, 0.2) is 0 Å². The van der Waals surface area contributed by atoms with Crippen molar-refractivity contribution >= 4 is 0 Å². The zero-order valence-electron chi connectivity index (χ0n) is 12.0. The third-order valence-corrected chi connectivity index (χ3v) is 3.52. The largest absolute Gasteiger partial charge is 0.298 e. The van der Waals surface area contributed by atoms with Crippen LogP contribution in [0, 0.1) is 5.82 Å². The van der Waals surface area contributed by atoms with Crippen molar-refractivity contribution < 1.29 is 4.39 Å². The summed E-state index contributed by atoms with van der Waals surface area (Å²) in [5.74, 6) is -0.164. The Morgan fingerprint density at radius 3 is 2.85 bits per heavy atom. The second-order valence-corrected chi connectivity index (χ2v) is 5.13. The molecular formula is C16H20FN3. The van der Waals surface area contributed by atoms with Gasteiger partial charge in [-0.3, -0.25) is 14.9 Å². The molecule has 1 aromatic heterocycles. The molecule has 0 radical (unpaired) electrons. The number of benzene rings is 1. The van der Waals surface area contributed by atoms with Gasteiger partial charge in [0.1, 0.15) is 5.82 Å². The average molecular weight is 273 g/mol. The molecule has 1 aromatic carbocycles. The lowest BCUT2D eigenvalue weighted by Crippen LogP contribution is -2.29. The van der Waals surface area contributed by atoms with Crippen LogP contribution in [-0.2, 0) is 13.0 Å². The number of aryl methyl sites for hydroxylation is 1. The molecule has 0 saturated carbocycles. The van der Waals surface area contributed by atoms with Gasteiger partial charge in [-0.2, -0.15) is 0 Å². The molecule has 0 aliphatic carbocycles. The van der Waals surface area contributed by atoms with E-state index in [9.17, 15) is 4.39 Å². The van der Waals surface area contributed by atoms with Crippen molar-refractivity contribution in [2.24, 2.45) is 0 Å². The van der Waals surface area contributed by atoms with Crippen LogP contribution in [-0.4, -0.2) is 28.0 Å². The van der Waals surface area contributed by atoms with E-state index in [1.807, 2.05) is 6.07 Å². The van der Waals surface area contributed by atoms with Crippen LogP contribution in [0.5, 0.6) is 0 Å². The summed E-state index contributed by atoms with van der Waals surface area (Å²) in [5.41, 5.74) is 2.01.